The lowest BCUT2D eigenvalue weighted by Gasteiger charge is -2.14. The van der Waals surface area contributed by atoms with E-state index in [1.807, 2.05) is 24.3 Å². The molecule has 0 bridgehead atoms. The molecule has 190 valence electrons. The molecule has 0 saturated heterocycles. The summed E-state index contributed by atoms with van der Waals surface area (Å²) in [6.07, 6.45) is 2.94. The quantitative estimate of drug-likeness (QED) is 0.188. The van der Waals surface area contributed by atoms with E-state index in [0.717, 1.165) is 11.1 Å². The molecule has 0 aliphatic heterocycles. The van der Waals surface area contributed by atoms with Crippen LogP contribution in [-0.2, 0) is 17.8 Å². The number of urea groups is 1. The van der Waals surface area contributed by atoms with Crippen molar-refractivity contribution in [3.63, 3.8) is 0 Å². The molecule has 7 N–H and O–H groups in total. The smallest absolute Gasteiger partial charge is 0.319 e. The van der Waals surface area contributed by atoms with Crippen molar-refractivity contribution in [3.05, 3.63) is 90.3 Å². The van der Waals surface area contributed by atoms with Crippen LogP contribution in [0.5, 0.6) is 5.75 Å². The minimum absolute atomic E-state index is 0.0157. The number of nitrogens with one attached hydrogen (secondary N) is 3. The minimum Gasteiger partial charge on any atom is -0.507 e. The van der Waals surface area contributed by atoms with Crippen molar-refractivity contribution in [2.45, 2.75) is 13.0 Å². The van der Waals surface area contributed by atoms with Crippen LogP contribution in [0, 0.1) is 0 Å². The molecule has 0 aliphatic carbocycles. The van der Waals surface area contributed by atoms with Crippen molar-refractivity contribution in [2.24, 2.45) is 0 Å². The van der Waals surface area contributed by atoms with E-state index >= 15 is 0 Å². The van der Waals surface area contributed by atoms with E-state index in [9.17, 15) is 19.8 Å². The summed E-state index contributed by atoms with van der Waals surface area (Å²) in [7, 11) is 0. The summed E-state index contributed by atoms with van der Waals surface area (Å²) in [6.45, 7) is 0.234. The Bertz CT molecular complexity index is 1650. The van der Waals surface area contributed by atoms with Crippen LogP contribution in [0.3, 0.4) is 0 Å². The number of amides is 2. The van der Waals surface area contributed by atoms with Crippen molar-refractivity contribution in [1.29, 1.82) is 0 Å². The van der Waals surface area contributed by atoms with Gasteiger partial charge in [0.2, 0.25) is 0 Å². The van der Waals surface area contributed by atoms with Crippen LogP contribution in [0.15, 0.2) is 79.1 Å². The number of carbonyl (C=O) groups excluding carboxylic acids is 1. The normalized spacial score (nSPS) is 10.8. The second-order valence-electron chi connectivity index (χ2n) is 8.71. The number of hydrogen-bond acceptors (Lipinski definition) is 6. The first kappa shape index (κ1) is 24.3. The summed E-state index contributed by atoms with van der Waals surface area (Å²) >= 11 is 0. The van der Waals surface area contributed by atoms with E-state index in [0.29, 0.717) is 45.0 Å². The molecule has 0 fully saturated rings. The lowest BCUT2D eigenvalue weighted by atomic mass is 9.94. The molecular weight excluding hydrogens is 484 g/mol. The van der Waals surface area contributed by atoms with Gasteiger partial charge in [-0.2, -0.15) is 0 Å². The number of aromatic amines is 1. The van der Waals surface area contributed by atoms with Crippen molar-refractivity contribution < 1.29 is 19.8 Å². The number of pyridine rings is 2. The van der Waals surface area contributed by atoms with E-state index in [2.05, 4.69) is 25.6 Å². The molecule has 3 aromatic heterocycles. The number of H-pyrrole nitrogens is 1. The first-order chi connectivity index (χ1) is 18.4. The molecule has 0 saturated carbocycles. The number of nitrogens with zero attached hydrogens (tertiary/aromatic N) is 2. The largest absolute Gasteiger partial charge is 0.507 e. The van der Waals surface area contributed by atoms with Crippen molar-refractivity contribution in [3.8, 4) is 28.1 Å². The summed E-state index contributed by atoms with van der Waals surface area (Å²) in [6, 6.07) is 18.9. The predicted molar refractivity (Wildman–Crippen MR) is 144 cm³/mol. The molecule has 2 aromatic carbocycles. The van der Waals surface area contributed by atoms with E-state index in [-0.39, 0.29) is 24.7 Å². The minimum atomic E-state index is -0.990. The Morgan fingerprint density at radius 2 is 1.82 bits per heavy atom. The standard InChI is InChI=1S/C28H24N6O4/c29-25-7-6-22-24(34-25)13-23(33-22)21-11-17(12-26(35)36)10-20(27(21)37)18-4-1-3-16(9-18)14-31-28(38)32-19-5-2-8-30-15-19/h1-11,13,15,33,37H,12,14H2,(H2,29,34)(H,35,36)(H2,31,32,38). The Balaban J connectivity index is 1.46. The van der Waals surface area contributed by atoms with Gasteiger partial charge in [0.15, 0.2) is 0 Å². The molecule has 38 heavy (non-hydrogen) atoms. The number of phenolic OH excluding ortho intramolecular Hbond substituents is 1. The maximum absolute atomic E-state index is 12.3. The number of aromatic nitrogens is 3. The third-order valence-corrected chi connectivity index (χ3v) is 5.92. The zero-order valence-electron chi connectivity index (χ0n) is 20.1. The predicted octanol–water partition coefficient (Wildman–Crippen LogP) is 4.53. The van der Waals surface area contributed by atoms with Crippen LogP contribution in [0.2, 0.25) is 0 Å². The molecule has 0 atom stereocenters. The van der Waals surface area contributed by atoms with Crippen LogP contribution in [-0.4, -0.2) is 37.2 Å². The molecule has 2 amide bonds. The second kappa shape index (κ2) is 10.3. The molecule has 0 aliphatic rings. The van der Waals surface area contributed by atoms with Gasteiger partial charge in [-0.05, 0) is 65.2 Å². The van der Waals surface area contributed by atoms with Gasteiger partial charge >= 0.3 is 12.0 Å². The summed E-state index contributed by atoms with van der Waals surface area (Å²) in [4.78, 5) is 35.3. The van der Waals surface area contributed by atoms with Crippen LogP contribution in [0.1, 0.15) is 11.1 Å². The third kappa shape index (κ3) is 5.39. The highest BCUT2D eigenvalue weighted by Gasteiger charge is 2.17. The Labute approximate surface area is 217 Å². The SMILES string of the molecule is Nc1ccc2[nH]c(-c3cc(CC(=O)O)cc(-c4cccc(CNC(=O)Nc5cccnc5)c4)c3O)cc2n1. The molecule has 5 aromatic rings. The van der Waals surface area contributed by atoms with Gasteiger partial charge in [0.05, 0.1) is 35.0 Å². The highest BCUT2D eigenvalue weighted by Crippen LogP contribution is 2.40. The van der Waals surface area contributed by atoms with Crippen molar-refractivity contribution >= 4 is 34.5 Å². The van der Waals surface area contributed by atoms with Gasteiger partial charge in [-0.25, -0.2) is 9.78 Å². The Morgan fingerprint density at radius 1 is 0.974 bits per heavy atom. The molecule has 0 radical (unpaired) electrons. The van der Waals surface area contributed by atoms with Gasteiger partial charge in [-0.15, -0.1) is 0 Å². The fourth-order valence-electron chi connectivity index (χ4n) is 4.21. The van der Waals surface area contributed by atoms with Crippen molar-refractivity contribution in [1.82, 2.24) is 20.3 Å². The number of anilines is 2. The summed E-state index contributed by atoms with van der Waals surface area (Å²) in [5.74, 6) is -0.638. The number of carboxylic acid groups (broad SMARTS) is 1. The number of phenols is 1. The van der Waals surface area contributed by atoms with Gasteiger partial charge < -0.3 is 31.6 Å². The van der Waals surface area contributed by atoms with Crippen LogP contribution >= 0.6 is 0 Å². The monoisotopic (exact) mass is 508 g/mol. The van der Waals surface area contributed by atoms with E-state index in [4.69, 9.17) is 5.73 Å². The third-order valence-electron chi connectivity index (χ3n) is 5.92. The maximum Gasteiger partial charge on any atom is 0.319 e. The molecule has 3 heterocycles. The van der Waals surface area contributed by atoms with Crippen LogP contribution in [0.25, 0.3) is 33.4 Å². The number of carbonyl (C=O) groups is 2. The lowest BCUT2D eigenvalue weighted by Crippen LogP contribution is -2.28. The van der Waals surface area contributed by atoms with Crippen molar-refractivity contribution in [2.75, 3.05) is 11.1 Å². The van der Waals surface area contributed by atoms with Crippen LogP contribution in [0.4, 0.5) is 16.3 Å². The molecule has 0 unspecified atom stereocenters. The molecule has 5 rings (SSSR count). The number of rotatable bonds is 7. The number of fused-ring (bicyclic) bond motifs is 1. The van der Waals surface area contributed by atoms with Gasteiger partial charge in [0.25, 0.3) is 0 Å². The highest BCUT2D eigenvalue weighted by atomic mass is 16.4. The zero-order chi connectivity index (χ0) is 26.6. The average molecular weight is 509 g/mol. The summed E-state index contributed by atoms with van der Waals surface area (Å²) in [5, 5.41) is 26.2. The average Bonchev–Trinajstić information content (AvgIpc) is 3.32. The first-order valence-corrected chi connectivity index (χ1v) is 11.7. The number of nitrogens with two attached hydrogens (primary N) is 1. The number of hydrogen-bond donors (Lipinski definition) is 6. The van der Waals surface area contributed by atoms with E-state index in [1.165, 1.54) is 0 Å². The number of aliphatic carboxylic acids is 1. The Kier molecular flexibility index (Phi) is 6.60. The topological polar surface area (TPSA) is 166 Å². The second-order valence-corrected chi connectivity index (χ2v) is 8.71. The first-order valence-electron chi connectivity index (χ1n) is 11.7. The summed E-state index contributed by atoms with van der Waals surface area (Å²) in [5.41, 5.74) is 11.2. The summed E-state index contributed by atoms with van der Waals surface area (Å²) < 4.78 is 0. The zero-order valence-corrected chi connectivity index (χ0v) is 20.1. The molecule has 10 heteroatoms. The number of benzene rings is 2. The Hall–Kier alpha value is -5.38. The van der Waals surface area contributed by atoms with Gasteiger partial charge in [0.1, 0.15) is 11.6 Å². The molecular formula is C28H24N6O4. The number of nitrogen functional groups attached to an aromatic ring is 1. The van der Waals surface area contributed by atoms with E-state index < -0.39 is 5.97 Å². The number of aromatic hydroxyl groups is 1. The fraction of sp³-hybridized carbons (Fsp3) is 0.0714. The molecule has 0 spiro atoms. The maximum atomic E-state index is 12.3. The Morgan fingerprint density at radius 3 is 2.61 bits per heavy atom. The lowest BCUT2D eigenvalue weighted by molar-refractivity contribution is -0.136. The van der Waals surface area contributed by atoms with E-state index in [1.54, 1.807) is 54.9 Å². The highest BCUT2D eigenvalue weighted by molar-refractivity contribution is 5.90. The van der Waals surface area contributed by atoms with Crippen LogP contribution < -0.4 is 16.4 Å². The molecule has 10 nitrogen and oxygen atoms in total. The number of carboxylic acids is 1. The van der Waals surface area contributed by atoms with Gasteiger partial charge in [0, 0.05) is 23.9 Å². The van der Waals surface area contributed by atoms with Gasteiger partial charge in [-0.3, -0.25) is 9.78 Å². The fourth-order valence-corrected chi connectivity index (χ4v) is 4.21. The van der Waals surface area contributed by atoms with Gasteiger partial charge in [-0.1, -0.05) is 18.2 Å².